The van der Waals surface area contributed by atoms with Crippen molar-refractivity contribution in [2.45, 2.75) is 26.2 Å². The molecule has 1 aliphatic rings. The Labute approximate surface area is 127 Å². The third kappa shape index (κ3) is 2.08. The Kier molecular flexibility index (Phi) is 3.07. The first kappa shape index (κ1) is 12.7. The van der Waals surface area contributed by atoms with Crippen LogP contribution in [0.1, 0.15) is 23.8 Å². The van der Waals surface area contributed by atoms with Crippen molar-refractivity contribution in [2.24, 2.45) is 0 Å². The summed E-state index contributed by atoms with van der Waals surface area (Å²) in [7, 11) is 0. The van der Waals surface area contributed by atoms with E-state index in [0.29, 0.717) is 0 Å². The lowest BCUT2D eigenvalue weighted by Crippen LogP contribution is -2.03. The molecule has 0 saturated carbocycles. The summed E-state index contributed by atoms with van der Waals surface area (Å²) in [5.74, 6) is 1.76. The van der Waals surface area contributed by atoms with Gasteiger partial charge in [0.25, 0.3) is 0 Å². The zero-order chi connectivity index (χ0) is 14.2. The molecule has 0 unspecified atom stereocenters. The molecule has 0 atom stereocenters. The van der Waals surface area contributed by atoms with Crippen molar-refractivity contribution in [3.8, 4) is 11.4 Å². The zero-order valence-corrected chi connectivity index (χ0v) is 12.7. The largest absolute Gasteiger partial charge is 0.370 e. The summed E-state index contributed by atoms with van der Waals surface area (Å²) < 4.78 is 0. The first-order valence-electron chi connectivity index (χ1n) is 7.33. The molecule has 4 rings (SSSR count). The quantitative estimate of drug-likeness (QED) is 0.801. The van der Waals surface area contributed by atoms with Crippen LogP contribution in [-0.2, 0) is 12.8 Å². The number of anilines is 1. The molecular formula is C16H16N4S. The van der Waals surface area contributed by atoms with Crippen LogP contribution in [0.2, 0.25) is 0 Å². The summed E-state index contributed by atoms with van der Waals surface area (Å²) in [4.78, 5) is 16.2. The van der Waals surface area contributed by atoms with E-state index in [-0.39, 0.29) is 0 Å². The Morgan fingerprint density at radius 1 is 1.19 bits per heavy atom. The van der Waals surface area contributed by atoms with Crippen molar-refractivity contribution in [1.82, 2.24) is 15.0 Å². The lowest BCUT2D eigenvalue weighted by Gasteiger charge is -2.08. The van der Waals surface area contributed by atoms with Gasteiger partial charge in [-0.25, -0.2) is 9.97 Å². The molecule has 0 saturated heterocycles. The number of hydrogen-bond acceptors (Lipinski definition) is 5. The van der Waals surface area contributed by atoms with Crippen LogP contribution in [0.5, 0.6) is 0 Å². The first-order chi connectivity index (χ1) is 10.4. The zero-order valence-electron chi connectivity index (χ0n) is 11.9. The number of aromatic nitrogens is 3. The number of aryl methyl sites for hydroxylation is 2. The van der Waals surface area contributed by atoms with Gasteiger partial charge < -0.3 is 5.32 Å². The van der Waals surface area contributed by atoms with Crippen molar-refractivity contribution in [3.05, 3.63) is 35.0 Å². The molecule has 5 heteroatoms. The van der Waals surface area contributed by atoms with Crippen molar-refractivity contribution in [3.63, 3.8) is 0 Å². The van der Waals surface area contributed by atoms with E-state index in [1.54, 1.807) is 12.4 Å². The van der Waals surface area contributed by atoms with Crippen LogP contribution in [0.3, 0.4) is 0 Å². The predicted octanol–water partition coefficient (Wildman–Crippen LogP) is 3.67. The highest BCUT2D eigenvalue weighted by Gasteiger charge is 2.22. The Morgan fingerprint density at radius 2 is 2.05 bits per heavy atom. The van der Waals surface area contributed by atoms with E-state index in [1.807, 2.05) is 23.5 Å². The second-order valence-corrected chi connectivity index (χ2v) is 6.28. The smallest absolute Gasteiger partial charge is 0.163 e. The molecule has 4 nitrogen and oxygen atoms in total. The van der Waals surface area contributed by atoms with Crippen molar-refractivity contribution in [2.75, 3.05) is 11.9 Å². The van der Waals surface area contributed by atoms with E-state index in [1.165, 1.54) is 28.7 Å². The van der Waals surface area contributed by atoms with Crippen molar-refractivity contribution in [1.29, 1.82) is 0 Å². The second-order valence-electron chi connectivity index (χ2n) is 5.20. The van der Waals surface area contributed by atoms with Crippen LogP contribution in [0.25, 0.3) is 21.6 Å². The maximum Gasteiger partial charge on any atom is 0.163 e. The van der Waals surface area contributed by atoms with Gasteiger partial charge in [-0.2, -0.15) is 0 Å². The summed E-state index contributed by atoms with van der Waals surface area (Å²) in [5.41, 5.74) is 2.48. The van der Waals surface area contributed by atoms with Crippen LogP contribution in [-0.4, -0.2) is 21.5 Å². The van der Waals surface area contributed by atoms with E-state index in [9.17, 15) is 0 Å². The molecule has 21 heavy (non-hydrogen) atoms. The van der Waals surface area contributed by atoms with Gasteiger partial charge in [0.1, 0.15) is 10.6 Å². The van der Waals surface area contributed by atoms with Gasteiger partial charge in [0.05, 0.1) is 5.39 Å². The maximum absolute atomic E-state index is 4.79. The molecule has 0 fully saturated rings. The van der Waals surface area contributed by atoms with Gasteiger partial charge in [0.15, 0.2) is 5.82 Å². The molecule has 1 aliphatic carbocycles. The number of hydrogen-bond donors (Lipinski definition) is 1. The topological polar surface area (TPSA) is 50.7 Å². The monoisotopic (exact) mass is 296 g/mol. The summed E-state index contributed by atoms with van der Waals surface area (Å²) in [6, 6.07) is 3.91. The molecular weight excluding hydrogens is 280 g/mol. The fraction of sp³-hybridized carbons (Fsp3) is 0.312. The van der Waals surface area contributed by atoms with Gasteiger partial charge in [-0.05, 0) is 43.9 Å². The van der Waals surface area contributed by atoms with Crippen LogP contribution in [0.15, 0.2) is 24.5 Å². The minimum absolute atomic E-state index is 0.778. The fourth-order valence-corrected chi connectivity index (χ4v) is 4.18. The third-order valence-electron chi connectivity index (χ3n) is 3.85. The van der Waals surface area contributed by atoms with Gasteiger partial charge in [-0.1, -0.05) is 0 Å². The molecule has 0 bridgehead atoms. The van der Waals surface area contributed by atoms with Gasteiger partial charge in [0.2, 0.25) is 0 Å². The molecule has 3 aromatic rings. The average Bonchev–Trinajstić information content (AvgIpc) is 3.08. The highest BCUT2D eigenvalue weighted by atomic mass is 32.1. The van der Waals surface area contributed by atoms with E-state index in [2.05, 4.69) is 17.2 Å². The number of rotatable bonds is 3. The maximum atomic E-state index is 4.79. The molecule has 0 aromatic carbocycles. The van der Waals surface area contributed by atoms with Gasteiger partial charge >= 0.3 is 0 Å². The standard InChI is InChI=1S/C16H16N4S/c1-2-18-15-13-11-4-3-5-12(11)21-16(13)20-14(19-15)10-6-8-17-9-7-10/h6-9H,2-5H2,1H3,(H,18,19,20). The lowest BCUT2D eigenvalue weighted by molar-refractivity contribution is 0.917. The number of thiophene rings is 1. The number of nitrogens with zero attached hydrogens (tertiary/aromatic N) is 3. The highest BCUT2D eigenvalue weighted by Crippen LogP contribution is 2.40. The molecule has 0 spiro atoms. The molecule has 0 aliphatic heterocycles. The molecule has 0 radical (unpaired) electrons. The third-order valence-corrected chi connectivity index (χ3v) is 5.03. The van der Waals surface area contributed by atoms with Crippen LogP contribution in [0.4, 0.5) is 5.82 Å². The fourth-order valence-electron chi connectivity index (χ4n) is 2.92. The summed E-state index contributed by atoms with van der Waals surface area (Å²) in [6.45, 7) is 2.97. The predicted molar refractivity (Wildman–Crippen MR) is 86.8 cm³/mol. The minimum atomic E-state index is 0.778. The summed E-state index contributed by atoms with van der Waals surface area (Å²) in [6.07, 6.45) is 7.17. The number of fused-ring (bicyclic) bond motifs is 3. The first-order valence-corrected chi connectivity index (χ1v) is 8.15. The molecule has 3 aromatic heterocycles. The minimum Gasteiger partial charge on any atom is -0.370 e. The number of nitrogens with one attached hydrogen (secondary N) is 1. The Bertz CT molecular complexity index is 795. The van der Waals surface area contributed by atoms with Crippen molar-refractivity contribution >= 4 is 27.4 Å². The molecule has 3 heterocycles. The average molecular weight is 296 g/mol. The van der Waals surface area contributed by atoms with Crippen LogP contribution >= 0.6 is 11.3 Å². The Hall–Kier alpha value is -2.01. The van der Waals surface area contributed by atoms with E-state index in [0.717, 1.165) is 35.0 Å². The van der Waals surface area contributed by atoms with Gasteiger partial charge in [0, 0.05) is 29.4 Å². The Balaban J connectivity index is 1.95. The van der Waals surface area contributed by atoms with Crippen molar-refractivity contribution < 1.29 is 0 Å². The van der Waals surface area contributed by atoms with Crippen LogP contribution < -0.4 is 5.32 Å². The number of pyridine rings is 1. The molecule has 0 amide bonds. The SMILES string of the molecule is CCNc1nc(-c2ccncc2)nc2sc3c(c12)CCC3. The van der Waals surface area contributed by atoms with E-state index < -0.39 is 0 Å². The summed E-state index contributed by atoms with van der Waals surface area (Å²) >= 11 is 1.83. The second kappa shape index (κ2) is 5.07. The van der Waals surface area contributed by atoms with E-state index in [4.69, 9.17) is 9.97 Å². The Morgan fingerprint density at radius 3 is 2.86 bits per heavy atom. The van der Waals surface area contributed by atoms with E-state index >= 15 is 0 Å². The van der Waals surface area contributed by atoms with Gasteiger partial charge in [-0.3, -0.25) is 4.98 Å². The van der Waals surface area contributed by atoms with Gasteiger partial charge in [-0.15, -0.1) is 11.3 Å². The summed E-state index contributed by atoms with van der Waals surface area (Å²) in [5, 5.41) is 4.66. The molecule has 1 N–H and O–H groups in total. The normalized spacial score (nSPS) is 13.6. The molecule has 106 valence electrons. The highest BCUT2D eigenvalue weighted by molar-refractivity contribution is 7.19. The van der Waals surface area contributed by atoms with Crippen LogP contribution in [0, 0.1) is 0 Å². The lowest BCUT2D eigenvalue weighted by atomic mass is 10.2.